The lowest BCUT2D eigenvalue weighted by molar-refractivity contribution is 0.102. The molecule has 8 heteroatoms. The normalized spacial score (nSPS) is 12.1. The molecular weight excluding hydrogens is 388 g/mol. The molecule has 29 heavy (non-hydrogen) atoms. The summed E-state index contributed by atoms with van der Waals surface area (Å²) >= 11 is 0. The van der Waals surface area contributed by atoms with E-state index >= 15 is 0 Å². The number of nitrogens with one attached hydrogen (secondary N) is 1. The number of carbonyl (C=O) groups is 1. The average molecular weight is 415 g/mol. The van der Waals surface area contributed by atoms with E-state index < -0.39 is 15.9 Å². The number of hydrogen-bond acceptors (Lipinski definition) is 4. The summed E-state index contributed by atoms with van der Waals surface area (Å²) in [5.41, 5.74) is 2.00. The van der Waals surface area contributed by atoms with E-state index in [2.05, 4.69) is 17.2 Å². The van der Waals surface area contributed by atoms with Gasteiger partial charge < -0.3 is 4.57 Å². The number of fused-ring (bicyclic) bond motifs is 1. The molecule has 0 fully saturated rings. The summed E-state index contributed by atoms with van der Waals surface area (Å²) in [4.78, 5) is 17.5. The van der Waals surface area contributed by atoms with Gasteiger partial charge in [0.1, 0.15) is 0 Å². The Morgan fingerprint density at radius 3 is 2.59 bits per heavy atom. The second kappa shape index (κ2) is 8.34. The molecule has 0 unspecified atom stereocenters. The molecule has 0 aliphatic carbocycles. The van der Waals surface area contributed by atoms with Crippen molar-refractivity contribution < 1.29 is 13.2 Å². The van der Waals surface area contributed by atoms with Crippen LogP contribution in [0.2, 0.25) is 0 Å². The van der Waals surface area contributed by atoms with Crippen molar-refractivity contribution >= 4 is 32.9 Å². The standard InChI is InChI=1S/C21H26N4O3S/c1-5-13-25-19-12-7-6-11-18(19)22-21(25)23-20(26)16-9-8-10-17(14-16)29(27,28)24(4)15(2)3/h6-12,14-15H,5,13H2,1-4H3,(H,22,23,26). The average Bonchev–Trinajstić information content (AvgIpc) is 3.05. The van der Waals surface area contributed by atoms with Crippen LogP contribution in [0.3, 0.4) is 0 Å². The first kappa shape index (κ1) is 21.0. The Labute approximate surface area is 171 Å². The molecule has 0 aliphatic heterocycles. The fourth-order valence-electron chi connectivity index (χ4n) is 3.04. The van der Waals surface area contributed by atoms with Crippen molar-refractivity contribution in [3.8, 4) is 0 Å². The highest BCUT2D eigenvalue weighted by Crippen LogP contribution is 2.22. The first-order chi connectivity index (χ1) is 13.8. The van der Waals surface area contributed by atoms with E-state index in [0.717, 1.165) is 17.5 Å². The zero-order valence-corrected chi connectivity index (χ0v) is 17.9. The Hall–Kier alpha value is -2.71. The molecule has 3 aromatic rings. The number of nitrogens with zero attached hydrogens (tertiary/aromatic N) is 3. The number of rotatable bonds is 7. The van der Waals surface area contributed by atoms with Crippen molar-refractivity contribution in [1.29, 1.82) is 0 Å². The van der Waals surface area contributed by atoms with Crippen molar-refractivity contribution in [3.63, 3.8) is 0 Å². The quantitative estimate of drug-likeness (QED) is 0.638. The summed E-state index contributed by atoms with van der Waals surface area (Å²) in [6.45, 7) is 6.36. The number of hydrogen-bond donors (Lipinski definition) is 1. The van der Waals surface area contributed by atoms with Gasteiger partial charge in [-0.3, -0.25) is 10.1 Å². The van der Waals surface area contributed by atoms with E-state index in [0.29, 0.717) is 12.5 Å². The largest absolute Gasteiger partial charge is 0.310 e. The van der Waals surface area contributed by atoms with Gasteiger partial charge in [0, 0.05) is 25.2 Å². The zero-order valence-electron chi connectivity index (χ0n) is 17.1. The molecule has 0 radical (unpaired) electrons. The Bertz CT molecular complexity index is 1140. The first-order valence-corrected chi connectivity index (χ1v) is 11.0. The molecule has 0 spiro atoms. The molecule has 0 saturated heterocycles. The molecule has 1 N–H and O–H groups in total. The van der Waals surface area contributed by atoms with Crippen LogP contribution in [-0.4, -0.2) is 41.3 Å². The molecule has 1 aromatic heterocycles. The Morgan fingerprint density at radius 1 is 1.17 bits per heavy atom. The maximum atomic E-state index is 12.9. The van der Waals surface area contributed by atoms with Gasteiger partial charge in [-0.05, 0) is 50.6 Å². The molecule has 1 heterocycles. The van der Waals surface area contributed by atoms with Crippen LogP contribution in [0.4, 0.5) is 5.95 Å². The number of sulfonamides is 1. The van der Waals surface area contributed by atoms with Crippen molar-refractivity contribution in [3.05, 3.63) is 54.1 Å². The first-order valence-electron chi connectivity index (χ1n) is 9.60. The summed E-state index contributed by atoms with van der Waals surface area (Å²) in [7, 11) is -2.14. The molecule has 7 nitrogen and oxygen atoms in total. The smallest absolute Gasteiger partial charge is 0.258 e. The summed E-state index contributed by atoms with van der Waals surface area (Å²) in [5.74, 6) is 0.0486. The number of aryl methyl sites for hydroxylation is 1. The minimum absolute atomic E-state index is 0.0865. The lowest BCUT2D eigenvalue weighted by atomic mass is 10.2. The molecule has 0 aliphatic rings. The van der Waals surface area contributed by atoms with Crippen molar-refractivity contribution in [2.75, 3.05) is 12.4 Å². The van der Waals surface area contributed by atoms with E-state index in [1.807, 2.05) is 28.8 Å². The summed E-state index contributed by atoms with van der Waals surface area (Å²) < 4.78 is 28.7. The minimum Gasteiger partial charge on any atom is -0.310 e. The van der Waals surface area contributed by atoms with Gasteiger partial charge in [0.2, 0.25) is 16.0 Å². The molecule has 0 atom stereocenters. The van der Waals surface area contributed by atoms with Gasteiger partial charge in [0.25, 0.3) is 5.91 Å². The van der Waals surface area contributed by atoms with Crippen LogP contribution in [0.5, 0.6) is 0 Å². The highest BCUT2D eigenvalue weighted by Gasteiger charge is 2.24. The van der Waals surface area contributed by atoms with Gasteiger partial charge in [-0.1, -0.05) is 25.1 Å². The Morgan fingerprint density at radius 2 is 1.90 bits per heavy atom. The highest BCUT2D eigenvalue weighted by molar-refractivity contribution is 7.89. The predicted octanol–water partition coefficient (Wildman–Crippen LogP) is 3.73. The van der Waals surface area contributed by atoms with Gasteiger partial charge in [-0.25, -0.2) is 13.4 Å². The molecule has 1 amide bonds. The number of aromatic nitrogens is 2. The number of para-hydroxylation sites is 2. The number of imidazole rings is 1. The highest BCUT2D eigenvalue weighted by atomic mass is 32.2. The maximum Gasteiger partial charge on any atom is 0.258 e. The van der Waals surface area contributed by atoms with E-state index in [1.54, 1.807) is 26.0 Å². The van der Waals surface area contributed by atoms with Crippen LogP contribution in [0.15, 0.2) is 53.4 Å². The number of benzene rings is 2. The molecule has 154 valence electrons. The molecular formula is C21H26N4O3S. The third-order valence-corrected chi connectivity index (χ3v) is 6.86. The second-order valence-electron chi connectivity index (χ2n) is 7.17. The van der Waals surface area contributed by atoms with E-state index in [1.165, 1.54) is 23.5 Å². The van der Waals surface area contributed by atoms with Crippen molar-refractivity contribution in [1.82, 2.24) is 13.9 Å². The van der Waals surface area contributed by atoms with Crippen molar-refractivity contribution in [2.24, 2.45) is 0 Å². The third-order valence-electron chi connectivity index (χ3n) is 4.83. The van der Waals surface area contributed by atoms with Crippen molar-refractivity contribution in [2.45, 2.75) is 44.7 Å². The van der Waals surface area contributed by atoms with E-state index in [-0.39, 0.29) is 16.5 Å². The minimum atomic E-state index is -3.67. The lowest BCUT2D eigenvalue weighted by Crippen LogP contribution is -2.33. The van der Waals surface area contributed by atoms with Gasteiger partial charge in [-0.15, -0.1) is 0 Å². The van der Waals surface area contributed by atoms with Crippen LogP contribution in [0.1, 0.15) is 37.6 Å². The van der Waals surface area contributed by atoms with Crippen LogP contribution in [0.25, 0.3) is 11.0 Å². The van der Waals surface area contributed by atoms with Crippen LogP contribution in [-0.2, 0) is 16.6 Å². The van der Waals surface area contributed by atoms with Gasteiger partial charge in [0.15, 0.2) is 0 Å². The summed E-state index contributed by atoms with van der Waals surface area (Å²) in [5, 5.41) is 2.84. The summed E-state index contributed by atoms with van der Waals surface area (Å²) in [6, 6.07) is 13.6. The zero-order chi connectivity index (χ0) is 21.2. The van der Waals surface area contributed by atoms with Crippen LogP contribution in [0, 0.1) is 0 Å². The summed E-state index contributed by atoms with van der Waals surface area (Å²) in [6.07, 6.45) is 0.887. The molecule has 0 saturated carbocycles. The second-order valence-corrected chi connectivity index (χ2v) is 9.17. The van der Waals surface area contributed by atoms with Crippen LogP contribution < -0.4 is 5.32 Å². The topological polar surface area (TPSA) is 84.3 Å². The van der Waals surface area contributed by atoms with Gasteiger partial charge in [0.05, 0.1) is 15.9 Å². The Kier molecular flexibility index (Phi) is 6.04. The SMILES string of the molecule is CCCn1c(NC(=O)c2cccc(S(=O)(=O)N(C)C(C)C)c2)nc2ccccc21. The van der Waals surface area contributed by atoms with E-state index in [4.69, 9.17) is 0 Å². The predicted molar refractivity (Wildman–Crippen MR) is 115 cm³/mol. The van der Waals surface area contributed by atoms with Gasteiger partial charge >= 0.3 is 0 Å². The number of amides is 1. The Balaban J connectivity index is 1.93. The van der Waals surface area contributed by atoms with E-state index in [9.17, 15) is 13.2 Å². The number of anilines is 1. The number of carbonyl (C=O) groups excluding carboxylic acids is 1. The van der Waals surface area contributed by atoms with Gasteiger partial charge in [-0.2, -0.15) is 4.31 Å². The molecule has 3 rings (SSSR count). The fourth-order valence-corrected chi connectivity index (χ4v) is 4.45. The monoisotopic (exact) mass is 414 g/mol. The fraction of sp³-hybridized carbons (Fsp3) is 0.333. The van der Waals surface area contributed by atoms with Crippen LogP contribution >= 0.6 is 0 Å². The maximum absolute atomic E-state index is 12.9. The molecule has 2 aromatic carbocycles. The molecule has 0 bridgehead atoms. The third kappa shape index (κ3) is 4.18. The lowest BCUT2D eigenvalue weighted by Gasteiger charge is -2.21.